The topological polar surface area (TPSA) is 70.6 Å². The van der Waals surface area contributed by atoms with Gasteiger partial charge in [0.15, 0.2) is 0 Å². The molecule has 1 aliphatic heterocycles. The van der Waals surface area contributed by atoms with E-state index in [9.17, 15) is 8.42 Å². The molecule has 0 unspecified atom stereocenters. The molecular weight excluding hydrogens is 322 g/mol. The van der Waals surface area contributed by atoms with E-state index < -0.39 is 10.2 Å². The third kappa shape index (κ3) is 4.45. The predicted octanol–water partition coefficient (Wildman–Crippen LogP) is 2.46. The lowest BCUT2D eigenvalue weighted by Crippen LogP contribution is -2.44. The first-order valence-corrected chi connectivity index (χ1v) is 9.13. The number of allylic oxidation sites excluding steroid dienone is 1. The van der Waals surface area contributed by atoms with Crippen molar-refractivity contribution in [1.82, 2.24) is 9.44 Å². The molecule has 124 valence electrons. The molecule has 24 heavy (non-hydrogen) atoms. The Morgan fingerprint density at radius 1 is 0.917 bits per heavy atom. The second-order valence-electron chi connectivity index (χ2n) is 5.73. The SMILES string of the molecule is Cc1ccc(CN=C2C=C(Cc3ccccc3)NS(=O)(=O)N2)cc1. The molecule has 1 heterocycles. The fourth-order valence-corrected chi connectivity index (χ4v) is 3.34. The van der Waals surface area contributed by atoms with Gasteiger partial charge in [-0.05, 0) is 18.1 Å². The predicted molar refractivity (Wildman–Crippen MR) is 95.7 cm³/mol. The van der Waals surface area contributed by atoms with Gasteiger partial charge in [0.25, 0.3) is 0 Å². The first kappa shape index (κ1) is 16.3. The molecule has 0 radical (unpaired) electrons. The summed E-state index contributed by atoms with van der Waals surface area (Å²) in [6.07, 6.45) is 2.24. The van der Waals surface area contributed by atoms with Crippen LogP contribution in [0.5, 0.6) is 0 Å². The van der Waals surface area contributed by atoms with Crippen molar-refractivity contribution in [3.63, 3.8) is 0 Å². The maximum Gasteiger partial charge on any atom is 0.322 e. The van der Waals surface area contributed by atoms with E-state index in [2.05, 4.69) is 14.4 Å². The van der Waals surface area contributed by atoms with E-state index >= 15 is 0 Å². The number of aliphatic imine (C=N–C) groups is 1. The van der Waals surface area contributed by atoms with Crippen molar-refractivity contribution in [2.45, 2.75) is 19.9 Å². The Morgan fingerprint density at radius 2 is 1.62 bits per heavy atom. The molecule has 5 nitrogen and oxygen atoms in total. The molecule has 6 heteroatoms. The fraction of sp³-hybridized carbons (Fsp3) is 0.167. The Labute approximate surface area is 142 Å². The molecule has 3 rings (SSSR count). The molecule has 0 saturated heterocycles. The van der Waals surface area contributed by atoms with E-state index in [1.54, 1.807) is 6.08 Å². The van der Waals surface area contributed by atoms with Gasteiger partial charge in [-0.25, -0.2) is 0 Å². The molecular formula is C18H19N3O2S. The van der Waals surface area contributed by atoms with E-state index in [1.165, 1.54) is 5.56 Å². The molecule has 0 amide bonds. The van der Waals surface area contributed by atoms with Crippen LogP contribution in [0.3, 0.4) is 0 Å². The number of amidine groups is 1. The Kier molecular flexibility index (Phi) is 4.66. The Hall–Kier alpha value is -2.60. The molecule has 0 aromatic heterocycles. The van der Waals surface area contributed by atoms with Gasteiger partial charge in [-0.1, -0.05) is 60.2 Å². The van der Waals surface area contributed by atoms with Crippen LogP contribution in [0.1, 0.15) is 16.7 Å². The monoisotopic (exact) mass is 341 g/mol. The average Bonchev–Trinajstić information content (AvgIpc) is 2.54. The van der Waals surface area contributed by atoms with Gasteiger partial charge in [0.2, 0.25) is 0 Å². The summed E-state index contributed by atoms with van der Waals surface area (Å²) in [5.74, 6) is 0.347. The minimum absolute atomic E-state index is 0.347. The zero-order valence-electron chi connectivity index (χ0n) is 13.4. The van der Waals surface area contributed by atoms with Gasteiger partial charge in [-0.2, -0.15) is 8.42 Å². The molecule has 2 aromatic carbocycles. The van der Waals surface area contributed by atoms with Gasteiger partial charge in [-0.15, -0.1) is 0 Å². The summed E-state index contributed by atoms with van der Waals surface area (Å²) in [5.41, 5.74) is 3.84. The van der Waals surface area contributed by atoms with Crippen molar-refractivity contribution < 1.29 is 8.42 Å². The van der Waals surface area contributed by atoms with Crippen molar-refractivity contribution in [3.8, 4) is 0 Å². The van der Waals surface area contributed by atoms with Crippen molar-refractivity contribution in [1.29, 1.82) is 0 Å². The van der Waals surface area contributed by atoms with E-state index in [1.807, 2.05) is 61.5 Å². The Balaban J connectivity index is 1.79. The molecule has 1 aliphatic rings. The van der Waals surface area contributed by atoms with Gasteiger partial charge >= 0.3 is 10.2 Å². The van der Waals surface area contributed by atoms with Gasteiger partial charge in [-0.3, -0.25) is 14.4 Å². The molecule has 0 bridgehead atoms. The van der Waals surface area contributed by atoms with E-state index in [-0.39, 0.29) is 0 Å². The summed E-state index contributed by atoms with van der Waals surface area (Å²) in [6, 6.07) is 17.7. The first-order valence-electron chi connectivity index (χ1n) is 7.65. The molecule has 0 fully saturated rings. The third-order valence-corrected chi connectivity index (χ3v) is 4.61. The van der Waals surface area contributed by atoms with Crippen LogP contribution in [0, 0.1) is 6.92 Å². The smallest absolute Gasteiger partial charge is 0.270 e. The lowest BCUT2D eigenvalue weighted by molar-refractivity contribution is 0.582. The van der Waals surface area contributed by atoms with Gasteiger partial charge in [0, 0.05) is 18.2 Å². The van der Waals surface area contributed by atoms with Gasteiger partial charge in [0.1, 0.15) is 5.84 Å². The van der Waals surface area contributed by atoms with Crippen LogP contribution in [-0.2, 0) is 23.2 Å². The number of nitrogens with one attached hydrogen (secondary N) is 2. The van der Waals surface area contributed by atoms with Crippen molar-refractivity contribution in [2.24, 2.45) is 4.99 Å². The highest BCUT2D eigenvalue weighted by Gasteiger charge is 2.19. The molecule has 2 N–H and O–H groups in total. The average molecular weight is 341 g/mol. The van der Waals surface area contributed by atoms with E-state index in [0.717, 1.165) is 11.1 Å². The van der Waals surface area contributed by atoms with Crippen LogP contribution < -0.4 is 9.44 Å². The highest BCUT2D eigenvalue weighted by atomic mass is 32.2. The molecule has 2 aromatic rings. The highest BCUT2D eigenvalue weighted by molar-refractivity contribution is 7.88. The zero-order valence-corrected chi connectivity index (χ0v) is 14.2. The first-order chi connectivity index (χ1) is 11.5. The number of benzene rings is 2. The molecule has 0 saturated carbocycles. The molecule has 0 atom stereocenters. The molecule has 0 spiro atoms. The highest BCUT2D eigenvalue weighted by Crippen LogP contribution is 2.10. The molecule has 0 aliphatic carbocycles. The van der Waals surface area contributed by atoms with Crippen molar-refractivity contribution in [2.75, 3.05) is 0 Å². The van der Waals surface area contributed by atoms with E-state index in [0.29, 0.717) is 24.5 Å². The number of hydrogen-bond donors (Lipinski definition) is 2. The maximum absolute atomic E-state index is 12.0. The Bertz CT molecular complexity index is 870. The largest absolute Gasteiger partial charge is 0.322 e. The van der Waals surface area contributed by atoms with Crippen LogP contribution >= 0.6 is 0 Å². The fourth-order valence-electron chi connectivity index (χ4n) is 2.41. The quantitative estimate of drug-likeness (QED) is 0.897. The lowest BCUT2D eigenvalue weighted by Gasteiger charge is -2.19. The third-order valence-electron chi connectivity index (χ3n) is 3.61. The van der Waals surface area contributed by atoms with Crippen molar-refractivity contribution >= 4 is 16.0 Å². The standard InChI is InChI=1S/C18H19N3O2S/c1-14-7-9-16(10-8-14)13-19-18-12-17(20-24(22,23)21-18)11-15-5-3-2-4-6-15/h2-10,12,20H,11,13H2,1H3,(H,19,21). The lowest BCUT2D eigenvalue weighted by atomic mass is 10.1. The second kappa shape index (κ2) is 6.88. The van der Waals surface area contributed by atoms with Crippen LogP contribution in [-0.4, -0.2) is 14.3 Å². The number of aryl methyl sites for hydroxylation is 1. The summed E-state index contributed by atoms with van der Waals surface area (Å²) in [7, 11) is -3.61. The van der Waals surface area contributed by atoms with Crippen LogP contribution in [0.25, 0.3) is 0 Å². The van der Waals surface area contributed by atoms with Crippen LogP contribution in [0.4, 0.5) is 0 Å². The van der Waals surface area contributed by atoms with Crippen LogP contribution in [0.15, 0.2) is 71.4 Å². The number of nitrogens with zero attached hydrogens (tertiary/aromatic N) is 1. The normalized spacial score (nSPS) is 17.7. The summed E-state index contributed by atoms with van der Waals surface area (Å²) in [5, 5.41) is 0. The minimum Gasteiger partial charge on any atom is -0.270 e. The minimum atomic E-state index is -3.61. The number of rotatable bonds is 4. The summed E-state index contributed by atoms with van der Waals surface area (Å²) in [4.78, 5) is 4.38. The zero-order chi connectivity index (χ0) is 17.0. The number of hydrogen-bond acceptors (Lipinski definition) is 3. The summed E-state index contributed by atoms with van der Waals surface area (Å²) >= 11 is 0. The van der Waals surface area contributed by atoms with Gasteiger partial charge in [0.05, 0.1) is 6.54 Å². The summed E-state index contributed by atoms with van der Waals surface area (Å²) < 4.78 is 28.9. The van der Waals surface area contributed by atoms with E-state index in [4.69, 9.17) is 0 Å². The van der Waals surface area contributed by atoms with Crippen LogP contribution in [0.2, 0.25) is 0 Å². The second-order valence-corrected chi connectivity index (χ2v) is 7.14. The van der Waals surface area contributed by atoms with Gasteiger partial charge < -0.3 is 0 Å². The van der Waals surface area contributed by atoms with Crippen molar-refractivity contribution in [3.05, 3.63) is 83.1 Å². The maximum atomic E-state index is 12.0. The Morgan fingerprint density at radius 3 is 2.33 bits per heavy atom. The summed E-state index contributed by atoms with van der Waals surface area (Å²) in [6.45, 7) is 2.45.